The van der Waals surface area contributed by atoms with Crippen molar-refractivity contribution in [3.63, 3.8) is 0 Å². The zero-order valence-corrected chi connectivity index (χ0v) is 18.7. The van der Waals surface area contributed by atoms with Gasteiger partial charge in [-0.2, -0.15) is 0 Å². The third-order valence-electron chi connectivity index (χ3n) is 4.58. The molecule has 2 amide bonds. The van der Waals surface area contributed by atoms with E-state index in [9.17, 15) is 9.59 Å². The molecule has 0 aliphatic carbocycles. The first-order valence-electron chi connectivity index (χ1n) is 9.72. The summed E-state index contributed by atoms with van der Waals surface area (Å²) in [6.45, 7) is 1.64. The molecular weight excluding hydrogens is 432 g/mol. The van der Waals surface area contributed by atoms with Crippen LogP contribution in [-0.4, -0.2) is 32.6 Å². The summed E-state index contributed by atoms with van der Waals surface area (Å²) in [5.41, 5.74) is 2.14. The van der Waals surface area contributed by atoms with Gasteiger partial charge in [0.15, 0.2) is 6.61 Å². The van der Waals surface area contributed by atoms with Crippen molar-refractivity contribution in [2.45, 2.75) is 6.92 Å². The molecule has 0 atom stereocenters. The van der Waals surface area contributed by atoms with Gasteiger partial charge in [-0.15, -0.1) is 0 Å². The molecule has 0 fully saturated rings. The largest absolute Gasteiger partial charge is 0.494 e. The zero-order valence-electron chi connectivity index (χ0n) is 17.9. The first-order chi connectivity index (χ1) is 15.4. The van der Waals surface area contributed by atoms with Crippen LogP contribution >= 0.6 is 11.6 Å². The van der Waals surface area contributed by atoms with Gasteiger partial charge in [-0.3, -0.25) is 9.59 Å². The van der Waals surface area contributed by atoms with Crippen LogP contribution in [0.2, 0.25) is 5.02 Å². The lowest BCUT2D eigenvalue weighted by atomic mass is 10.2. The molecule has 0 heterocycles. The number of halogens is 1. The number of aryl methyl sites for hydroxylation is 1. The number of hydrogen-bond acceptors (Lipinski definition) is 5. The fourth-order valence-electron chi connectivity index (χ4n) is 2.92. The molecule has 3 aromatic carbocycles. The van der Waals surface area contributed by atoms with Crippen LogP contribution < -0.4 is 24.8 Å². The molecular formula is C24H23ClN2O5. The van der Waals surface area contributed by atoms with E-state index in [0.717, 1.165) is 5.56 Å². The maximum absolute atomic E-state index is 12.5. The molecule has 3 aromatic rings. The van der Waals surface area contributed by atoms with Crippen LogP contribution in [0.25, 0.3) is 0 Å². The summed E-state index contributed by atoms with van der Waals surface area (Å²) in [5.74, 6) is 0.559. The molecule has 0 bridgehead atoms. The molecule has 32 heavy (non-hydrogen) atoms. The number of amides is 2. The Hall–Kier alpha value is -3.71. The molecule has 7 nitrogen and oxygen atoms in total. The fourth-order valence-corrected chi connectivity index (χ4v) is 3.04. The summed E-state index contributed by atoms with van der Waals surface area (Å²) in [7, 11) is 2.94. The van der Waals surface area contributed by atoms with Gasteiger partial charge in [0.25, 0.3) is 11.8 Å². The Morgan fingerprint density at radius 3 is 2.09 bits per heavy atom. The molecule has 0 saturated heterocycles. The van der Waals surface area contributed by atoms with Crippen LogP contribution in [0.4, 0.5) is 11.4 Å². The normalized spacial score (nSPS) is 10.2. The predicted molar refractivity (Wildman–Crippen MR) is 124 cm³/mol. The maximum atomic E-state index is 12.5. The van der Waals surface area contributed by atoms with Crippen molar-refractivity contribution in [1.29, 1.82) is 0 Å². The van der Waals surface area contributed by atoms with Crippen molar-refractivity contribution in [2.24, 2.45) is 0 Å². The average Bonchev–Trinajstić information content (AvgIpc) is 2.81. The van der Waals surface area contributed by atoms with Crippen LogP contribution in [0.5, 0.6) is 17.2 Å². The number of methoxy groups -OCH3 is 2. The number of nitrogens with one attached hydrogen (secondary N) is 2. The molecule has 2 N–H and O–H groups in total. The summed E-state index contributed by atoms with van der Waals surface area (Å²) >= 11 is 6.00. The number of anilines is 2. The summed E-state index contributed by atoms with van der Waals surface area (Å²) in [4.78, 5) is 24.9. The number of benzene rings is 3. The summed E-state index contributed by atoms with van der Waals surface area (Å²) in [5, 5.41) is 6.16. The molecule has 166 valence electrons. The Balaban J connectivity index is 1.72. The van der Waals surface area contributed by atoms with E-state index in [4.69, 9.17) is 25.8 Å². The molecule has 0 radical (unpaired) electrons. The Bertz CT molecular complexity index is 1120. The van der Waals surface area contributed by atoms with E-state index in [2.05, 4.69) is 10.6 Å². The minimum Gasteiger partial charge on any atom is -0.494 e. The number of rotatable bonds is 8. The first kappa shape index (κ1) is 23.0. The van der Waals surface area contributed by atoms with Crippen molar-refractivity contribution in [3.8, 4) is 17.2 Å². The average molecular weight is 455 g/mol. The zero-order chi connectivity index (χ0) is 23.1. The molecule has 8 heteroatoms. The van der Waals surface area contributed by atoms with E-state index in [0.29, 0.717) is 39.2 Å². The van der Waals surface area contributed by atoms with Gasteiger partial charge in [0.2, 0.25) is 0 Å². The molecule has 0 aliphatic heterocycles. The summed E-state index contributed by atoms with van der Waals surface area (Å²) in [6, 6.07) is 17.1. The minimum absolute atomic E-state index is 0.209. The van der Waals surface area contributed by atoms with Gasteiger partial charge in [0.05, 0.1) is 25.6 Å². The quantitative estimate of drug-likeness (QED) is 0.503. The van der Waals surface area contributed by atoms with E-state index in [1.54, 1.807) is 54.6 Å². The van der Waals surface area contributed by atoms with Gasteiger partial charge in [0.1, 0.15) is 17.2 Å². The SMILES string of the molecule is COc1cc(NC(=O)c2ccccc2)c(OC)cc1NC(=O)COc1ccc(Cl)c(C)c1. The standard InChI is InChI=1S/C24H23ClN2O5/c1-15-11-17(9-10-18(15)25)32-14-23(28)26-19-12-22(31-3)20(13-21(19)30-2)27-24(29)16-7-5-4-6-8-16/h4-13H,14H2,1-3H3,(H,26,28)(H,27,29). The van der Waals surface area contributed by atoms with Crippen LogP contribution in [-0.2, 0) is 4.79 Å². The molecule has 0 saturated carbocycles. The van der Waals surface area contributed by atoms with Gasteiger partial charge in [-0.1, -0.05) is 29.8 Å². The predicted octanol–water partition coefficient (Wildman–Crippen LogP) is 4.94. The smallest absolute Gasteiger partial charge is 0.262 e. The highest BCUT2D eigenvalue weighted by Gasteiger charge is 2.16. The molecule has 0 unspecified atom stereocenters. The van der Waals surface area contributed by atoms with Crippen molar-refractivity contribution >= 4 is 34.8 Å². The lowest BCUT2D eigenvalue weighted by molar-refractivity contribution is -0.118. The highest BCUT2D eigenvalue weighted by Crippen LogP contribution is 2.36. The van der Waals surface area contributed by atoms with Gasteiger partial charge in [0, 0.05) is 22.7 Å². The number of ether oxygens (including phenoxy) is 3. The van der Waals surface area contributed by atoms with E-state index >= 15 is 0 Å². The number of carbonyl (C=O) groups excluding carboxylic acids is 2. The van der Waals surface area contributed by atoms with E-state index in [1.807, 2.05) is 13.0 Å². The van der Waals surface area contributed by atoms with Gasteiger partial charge >= 0.3 is 0 Å². The minimum atomic E-state index is -0.390. The molecule has 0 spiro atoms. The fraction of sp³-hybridized carbons (Fsp3) is 0.167. The number of hydrogen-bond donors (Lipinski definition) is 2. The third kappa shape index (κ3) is 5.70. The van der Waals surface area contributed by atoms with E-state index in [-0.39, 0.29) is 18.4 Å². The lowest BCUT2D eigenvalue weighted by Crippen LogP contribution is -2.21. The van der Waals surface area contributed by atoms with Gasteiger partial charge < -0.3 is 24.8 Å². The lowest BCUT2D eigenvalue weighted by Gasteiger charge is -2.16. The van der Waals surface area contributed by atoms with Gasteiger partial charge in [-0.05, 0) is 42.8 Å². The Morgan fingerprint density at radius 1 is 0.875 bits per heavy atom. The van der Waals surface area contributed by atoms with Crippen LogP contribution in [0.15, 0.2) is 60.7 Å². The second-order valence-corrected chi connectivity index (χ2v) is 7.23. The van der Waals surface area contributed by atoms with Crippen molar-refractivity contribution in [1.82, 2.24) is 0 Å². The van der Waals surface area contributed by atoms with Crippen molar-refractivity contribution < 1.29 is 23.8 Å². The topological polar surface area (TPSA) is 85.9 Å². The second-order valence-electron chi connectivity index (χ2n) is 6.82. The Morgan fingerprint density at radius 2 is 1.50 bits per heavy atom. The van der Waals surface area contributed by atoms with Crippen LogP contribution in [0.1, 0.15) is 15.9 Å². The Kier molecular flexibility index (Phi) is 7.57. The van der Waals surface area contributed by atoms with E-state index in [1.165, 1.54) is 14.2 Å². The first-order valence-corrected chi connectivity index (χ1v) is 10.1. The van der Waals surface area contributed by atoms with Crippen molar-refractivity contribution in [3.05, 3.63) is 76.8 Å². The van der Waals surface area contributed by atoms with E-state index < -0.39 is 0 Å². The number of carbonyl (C=O) groups is 2. The molecule has 3 rings (SSSR count). The second kappa shape index (κ2) is 10.5. The van der Waals surface area contributed by atoms with Crippen molar-refractivity contribution in [2.75, 3.05) is 31.5 Å². The highest BCUT2D eigenvalue weighted by molar-refractivity contribution is 6.31. The molecule has 0 aliphatic rings. The summed E-state index contributed by atoms with van der Waals surface area (Å²) in [6.07, 6.45) is 0. The molecule has 0 aromatic heterocycles. The van der Waals surface area contributed by atoms with Gasteiger partial charge in [-0.25, -0.2) is 0 Å². The van der Waals surface area contributed by atoms with Crippen LogP contribution in [0, 0.1) is 6.92 Å². The Labute approximate surface area is 191 Å². The van der Waals surface area contributed by atoms with Crippen LogP contribution in [0.3, 0.4) is 0 Å². The monoisotopic (exact) mass is 454 g/mol. The summed E-state index contributed by atoms with van der Waals surface area (Å²) < 4.78 is 16.3. The third-order valence-corrected chi connectivity index (χ3v) is 5.00. The highest BCUT2D eigenvalue weighted by atomic mass is 35.5. The maximum Gasteiger partial charge on any atom is 0.262 e.